The van der Waals surface area contributed by atoms with Gasteiger partial charge in [-0.25, -0.2) is 4.79 Å². The Morgan fingerprint density at radius 1 is 1.25 bits per heavy atom. The number of esters is 1. The van der Waals surface area contributed by atoms with E-state index in [1.54, 1.807) is 18.7 Å². The molecular formula is C17H34NO4PS. The Kier molecular flexibility index (Phi) is 13.8. The molecule has 0 heterocycles. The molecule has 0 aromatic heterocycles. The average molecular weight is 380 g/mol. The molecule has 5 nitrogen and oxygen atoms in total. The number of unbranched alkanes of at least 4 members (excludes halogenated alkanes) is 1. The van der Waals surface area contributed by atoms with Crippen LogP contribution in [0.5, 0.6) is 0 Å². The summed E-state index contributed by atoms with van der Waals surface area (Å²) in [5, 5.41) is 0. The highest BCUT2D eigenvalue weighted by Gasteiger charge is 2.28. The molecule has 142 valence electrons. The van der Waals surface area contributed by atoms with E-state index in [-0.39, 0.29) is 18.0 Å². The molecule has 0 aliphatic rings. The number of ether oxygens (including phenoxy) is 1. The molecule has 0 bridgehead atoms. The Hall–Kier alpha value is -0.290. The third-order valence-corrected chi connectivity index (χ3v) is 7.04. The third kappa shape index (κ3) is 11.3. The van der Waals surface area contributed by atoms with Crippen molar-refractivity contribution in [2.75, 3.05) is 43.6 Å². The van der Waals surface area contributed by atoms with Crippen LogP contribution >= 0.6 is 19.1 Å². The third-order valence-electron chi connectivity index (χ3n) is 3.10. The number of carbonyl (C=O) groups excluding carboxylic acids is 1. The van der Waals surface area contributed by atoms with Crippen molar-refractivity contribution in [2.24, 2.45) is 11.7 Å². The van der Waals surface area contributed by atoms with Gasteiger partial charge in [0.25, 0.3) is 0 Å². The molecule has 0 aliphatic heterocycles. The summed E-state index contributed by atoms with van der Waals surface area (Å²) in [5.74, 6) is 1.82. The summed E-state index contributed by atoms with van der Waals surface area (Å²) in [7, 11) is -2.87. The quantitative estimate of drug-likeness (QED) is 0.213. The number of rotatable bonds is 14. The standard InChI is InChI=1S/C17H34NO4PS/c1-5-21-17(19)16(9-7-8-11-24-12-10-18)14-23(20,22-6-2)13-15(3)4/h9,15H,5-8,10-14,18H2,1-4H3. The SMILES string of the molecule is CCOC(=O)C(=CCCCSCCN)CP(=O)(CC(C)C)OCC. The van der Waals surface area contributed by atoms with Gasteiger partial charge in [-0.15, -0.1) is 0 Å². The first-order chi connectivity index (χ1) is 11.4. The molecule has 2 N–H and O–H groups in total. The minimum absolute atomic E-state index is 0.161. The van der Waals surface area contributed by atoms with Crippen LogP contribution in [-0.2, 0) is 18.6 Å². The van der Waals surface area contributed by atoms with Gasteiger partial charge in [-0.05, 0) is 38.4 Å². The fraction of sp³-hybridized carbons (Fsp3) is 0.824. The van der Waals surface area contributed by atoms with Crippen molar-refractivity contribution in [2.45, 2.75) is 40.5 Å². The second kappa shape index (κ2) is 13.9. The molecule has 24 heavy (non-hydrogen) atoms. The first kappa shape index (κ1) is 23.7. The molecule has 1 atom stereocenters. The van der Waals surface area contributed by atoms with Gasteiger partial charge in [-0.2, -0.15) is 11.8 Å². The second-order valence-electron chi connectivity index (χ2n) is 5.96. The summed E-state index contributed by atoms with van der Waals surface area (Å²) < 4.78 is 23.7. The average Bonchev–Trinajstić information content (AvgIpc) is 2.49. The molecule has 0 radical (unpaired) electrons. The predicted octanol–water partition coefficient (Wildman–Crippen LogP) is 3.92. The van der Waals surface area contributed by atoms with E-state index in [9.17, 15) is 9.36 Å². The molecule has 0 aromatic rings. The first-order valence-electron chi connectivity index (χ1n) is 8.75. The van der Waals surface area contributed by atoms with Crippen molar-refractivity contribution in [3.63, 3.8) is 0 Å². The van der Waals surface area contributed by atoms with Gasteiger partial charge in [0, 0.05) is 24.0 Å². The van der Waals surface area contributed by atoms with Crippen LogP contribution < -0.4 is 5.73 Å². The van der Waals surface area contributed by atoms with Crippen LogP contribution in [0.4, 0.5) is 0 Å². The van der Waals surface area contributed by atoms with Crippen molar-refractivity contribution in [1.29, 1.82) is 0 Å². The van der Waals surface area contributed by atoms with Crippen molar-refractivity contribution < 1.29 is 18.6 Å². The number of hydrogen-bond donors (Lipinski definition) is 1. The lowest BCUT2D eigenvalue weighted by Crippen LogP contribution is -2.14. The van der Waals surface area contributed by atoms with Crippen LogP contribution in [0.15, 0.2) is 11.6 Å². The van der Waals surface area contributed by atoms with Crippen LogP contribution in [0.25, 0.3) is 0 Å². The zero-order valence-electron chi connectivity index (χ0n) is 15.6. The van der Waals surface area contributed by atoms with Crippen molar-refractivity contribution >= 4 is 25.1 Å². The molecule has 0 rings (SSSR count). The number of thioether (sulfide) groups is 1. The number of carbonyl (C=O) groups is 1. The smallest absolute Gasteiger partial charge is 0.334 e. The van der Waals surface area contributed by atoms with Crippen LogP contribution in [0.1, 0.15) is 40.5 Å². The Bertz CT molecular complexity index is 427. The summed E-state index contributed by atoms with van der Waals surface area (Å²) >= 11 is 1.80. The molecule has 0 spiro atoms. The van der Waals surface area contributed by atoms with Gasteiger partial charge >= 0.3 is 5.97 Å². The van der Waals surface area contributed by atoms with Gasteiger partial charge in [0.1, 0.15) is 0 Å². The van der Waals surface area contributed by atoms with Crippen LogP contribution in [-0.4, -0.2) is 49.6 Å². The van der Waals surface area contributed by atoms with E-state index >= 15 is 0 Å². The van der Waals surface area contributed by atoms with Crippen LogP contribution in [0.2, 0.25) is 0 Å². The van der Waals surface area contributed by atoms with Crippen LogP contribution in [0, 0.1) is 5.92 Å². The lowest BCUT2D eigenvalue weighted by Gasteiger charge is -2.20. The molecule has 0 saturated carbocycles. The summed E-state index contributed by atoms with van der Waals surface area (Å²) in [4.78, 5) is 12.2. The summed E-state index contributed by atoms with van der Waals surface area (Å²) in [6.45, 7) is 9.00. The summed E-state index contributed by atoms with van der Waals surface area (Å²) in [6, 6.07) is 0. The Morgan fingerprint density at radius 3 is 2.50 bits per heavy atom. The predicted molar refractivity (Wildman–Crippen MR) is 104 cm³/mol. The maximum absolute atomic E-state index is 13.0. The van der Waals surface area contributed by atoms with Gasteiger partial charge in [-0.3, -0.25) is 4.57 Å². The highest BCUT2D eigenvalue weighted by atomic mass is 32.2. The highest BCUT2D eigenvalue weighted by molar-refractivity contribution is 7.99. The summed E-state index contributed by atoms with van der Waals surface area (Å²) in [6.07, 6.45) is 4.22. The highest BCUT2D eigenvalue weighted by Crippen LogP contribution is 2.50. The van der Waals surface area contributed by atoms with Gasteiger partial charge in [-0.1, -0.05) is 19.9 Å². The maximum atomic E-state index is 13.0. The lowest BCUT2D eigenvalue weighted by atomic mass is 10.2. The lowest BCUT2D eigenvalue weighted by molar-refractivity contribution is -0.138. The zero-order valence-corrected chi connectivity index (χ0v) is 17.3. The van der Waals surface area contributed by atoms with E-state index in [2.05, 4.69) is 0 Å². The minimum Gasteiger partial charge on any atom is -0.463 e. The van der Waals surface area contributed by atoms with Crippen molar-refractivity contribution in [3.05, 3.63) is 11.6 Å². The minimum atomic E-state index is -2.87. The molecule has 0 aromatic carbocycles. The van der Waals surface area contributed by atoms with E-state index in [0.29, 0.717) is 31.5 Å². The van der Waals surface area contributed by atoms with E-state index in [1.165, 1.54) is 0 Å². The summed E-state index contributed by atoms with van der Waals surface area (Å²) in [5.41, 5.74) is 5.95. The van der Waals surface area contributed by atoms with E-state index in [1.807, 2.05) is 26.8 Å². The molecule has 7 heteroatoms. The fourth-order valence-corrected chi connectivity index (χ4v) is 5.73. The van der Waals surface area contributed by atoms with Gasteiger partial charge in [0.05, 0.1) is 19.4 Å². The number of nitrogens with two attached hydrogens (primary N) is 1. The molecular weight excluding hydrogens is 345 g/mol. The zero-order chi connectivity index (χ0) is 18.4. The largest absolute Gasteiger partial charge is 0.463 e. The molecule has 0 saturated heterocycles. The fourth-order valence-electron chi connectivity index (χ4n) is 2.30. The Balaban J connectivity index is 4.90. The van der Waals surface area contributed by atoms with Crippen molar-refractivity contribution in [1.82, 2.24) is 0 Å². The first-order valence-corrected chi connectivity index (χ1v) is 11.9. The normalized spacial score (nSPS) is 14.7. The van der Waals surface area contributed by atoms with E-state index < -0.39 is 7.37 Å². The molecule has 1 unspecified atom stereocenters. The molecule has 0 amide bonds. The topological polar surface area (TPSA) is 78.6 Å². The van der Waals surface area contributed by atoms with Gasteiger partial charge in [0.2, 0.25) is 7.37 Å². The van der Waals surface area contributed by atoms with Gasteiger partial charge in [0.15, 0.2) is 0 Å². The Morgan fingerprint density at radius 2 is 1.96 bits per heavy atom. The number of allylic oxidation sites excluding steroid dienone is 1. The van der Waals surface area contributed by atoms with Gasteiger partial charge < -0.3 is 15.0 Å². The molecule has 0 aliphatic carbocycles. The van der Waals surface area contributed by atoms with Crippen molar-refractivity contribution in [3.8, 4) is 0 Å². The van der Waals surface area contributed by atoms with E-state index in [0.717, 1.165) is 24.3 Å². The number of hydrogen-bond acceptors (Lipinski definition) is 6. The monoisotopic (exact) mass is 379 g/mol. The second-order valence-corrected chi connectivity index (χ2v) is 9.75. The maximum Gasteiger partial charge on any atom is 0.334 e. The molecule has 0 fully saturated rings. The van der Waals surface area contributed by atoms with E-state index in [4.69, 9.17) is 15.0 Å². The Labute approximate surface area is 151 Å². The van der Waals surface area contributed by atoms with Crippen LogP contribution in [0.3, 0.4) is 0 Å².